The van der Waals surface area contributed by atoms with Gasteiger partial charge in [-0.3, -0.25) is 4.90 Å². The van der Waals surface area contributed by atoms with Gasteiger partial charge in [-0.2, -0.15) is 0 Å². The van der Waals surface area contributed by atoms with E-state index in [0.717, 1.165) is 26.1 Å². The van der Waals surface area contributed by atoms with Crippen LogP contribution in [-0.2, 0) is 4.74 Å². The Balaban J connectivity index is 2.49. The molecule has 0 aromatic rings. The highest BCUT2D eigenvalue weighted by Crippen LogP contribution is 2.17. The maximum atomic E-state index is 5.65. The normalized spacial score (nSPS) is 22.1. The first-order chi connectivity index (χ1) is 6.31. The van der Waals surface area contributed by atoms with Gasteiger partial charge >= 0.3 is 0 Å². The summed E-state index contributed by atoms with van der Waals surface area (Å²) in [6.45, 7) is 10.9. The van der Waals surface area contributed by atoms with Crippen molar-refractivity contribution in [3.8, 4) is 0 Å². The Morgan fingerprint density at radius 1 is 1.62 bits per heavy atom. The number of nitrogens with zero attached hydrogens (tertiary/aromatic N) is 1. The van der Waals surface area contributed by atoms with Gasteiger partial charge in [-0.1, -0.05) is 19.9 Å². The lowest BCUT2D eigenvalue weighted by atomic mass is 10.2. The molecule has 2 heteroatoms. The Bertz CT molecular complexity index is 194. The van der Waals surface area contributed by atoms with Crippen LogP contribution in [0.4, 0.5) is 0 Å². The SMILES string of the molecule is C=CCC1=CC(N(CC)CC)OC1. The predicted octanol–water partition coefficient (Wildman–Crippen LogP) is 2.19. The zero-order valence-electron chi connectivity index (χ0n) is 8.62. The molecule has 0 aliphatic carbocycles. The van der Waals surface area contributed by atoms with Gasteiger partial charge in [0.05, 0.1) is 6.61 Å². The van der Waals surface area contributed by atoms with Crippen LogP contribution in [0.3, 0.4) is 0 Å². The summed E-state index contributed by atoms with van der Waals surface area (Å²) in [6.07, 6.45) is 5.30. The van der Waals surface area contributed by atoms with Crippen LogP contribution in [0.15, 0.2) is 24.3 Å². The molecule has 0 aromatic carbocycles. The molecular weight excluding hydrogens is 162 g/mol. The summed E-state index contributed by atoms with van der Waals surface area (Å²) in [5.74, 6) is 0. The standard InChI is InChI=1S/C11H19NO/c1-4-7-10-8-11(13-9-10)12(5-2)6-3/h4,8,11H,1,5-7,9H2,2-3H3. The Morgan fingerprint density at radius 3 is 2.85 bits per heavy atom. The number of likely N-dealkylation sites (N-methyl/N-ethyl adjacent to an activating group) is 1. The van der Waals surface area contributed by atoms with Gasteiger partial charge in [0.1, 0.15) is 6.23 Å². The minimum Gasteiger partial charge on any atom is -0.355 e. The van der Waals surface area contributed by atoms with Crippen LogP contribution in [0.1, 0.15) is 20.3 Å². The van der Waals surface area contributed by atoms with Crippen LogP contribution in [0.2, 0.25) is 0 Å². The second kappa shape index (κ2) is 5.20. The minimum absolute atomic E-state index is 0.199. The van der Waals surface area contributed by atoms with Crippen molar-refractivity contribution in [2.24, 2.45) is 0 Å². The lowest BCUT2D eigenvalue weighted by Crippen LogP contribution is -2.33. The van der Waals surface area contributed by atoms with E-state index in [1.165, 1.54) is 5.57 Å². The summed E-state index contributed by atoms with van der Waals surface area (Å²) in [7, 11) is 0. The average Bonchev–Trinajstić information content (AvgIpc) is 2.56. The maximum absolute atomic E-state index is 5.65. The van der Waals surface area contributed by atoms with E-state index in [9.17, 15) is 0 Å². The Labute approximate surface area is 80.9 Å². The smallest absolute Gasteiger partial charge is 0.130 e. The molecule has 0 N–H and O–H groups in total. The van der Waals surface area contributed by atoms with Crippen LogP contribution >= 0.6 is 0 Å². The molecule has 1 aliphatic rings. The average molecular weight is 181 g/mol. The van der Waals surface area contributed by atoms with Crippen molar-refractivity contribution in [2.45, 2.75) is 26.5 Å². The molecule has 1 rings (SSSR count). The Kier molecular flexibility index (Phi) is 4.19. The predicted molar refractivity (Wildman–Crippen MR) is 55.6 cm³/mol. The van der Waals surface area contributed by atoms with Gasteiger partial charge in [-0.15, -0.1) is 6.58 Å². The molecule has 0 saturated carbocycles. The van der Waals surface area contributed by atoms with Crippen molar-refractivity contribution >= 4 is 0 Å². The third-order valence-electron chi connectivity index (χ3n) is 2.40. The van der Waals surface area contributed by atoms with Crippen LogP contribution in [0, 0.1) is 0 Å². The van der Waals surface area contributed by atoms with Crippen molar-refractivity contribution in [3.63, 3.8) is 0 Å². The highest BCUT2D eigenvalue weighted by molar-refractivity contribution is 5.13. The zero-order chi connectivity index (χ0) is 9.68. The number of allylic oxidation sites excluding steroid dienone is 1. The second-order valence-corrected chi connectivity index (χ2v) is 3.24. The first-order valence-corrected chi connectivity index (χ1v) is 4.97. The molecule has 0 fully saturated rings. The molecule has 1 unspecified atom stereocenters. The van der Waals surface area contributed by atoms with E-state index in [4.69, 9.17) is 4.74 Å². The monoisotopic (exact) mass is 181 g/mol. The molecule has 1 atom stereocenters. The Morgan fingerprint density at radius 2 is 2.31 bits per heavy atom. The highest BCUT2D eigenvalue weighted by Gasteiger charge is 2.19. The van der Waals surface area contributed by atoms with Gasteiger partial charge in [0, 0.05) is 0 Å². The quantitative estimate of drug-likeness (QED) is 0.603. The molecule has 2 nitrogen and oxygen atoms in total. The van der Waals surface area contributed by atoms with E-state index in [0.29, 0.717) is 0 Å². The molecule has 13 heavy (non-hydrogen) atoms. The molecule has 0 amide bonds. The van der Waals surface area contributed by atoms with E-state index >= 15 is 0 Å². The molecule has 0 saturated heterocycles. The lowest BCUT2D eigenvalue weighted by Gasteiger charge is -2.23. The fourth-order valence-corrected chi connectivity index (χ4v) is 1.60. The van der Waals surface area contributed by atoms with E-state index in [1.54, 1.807) is 0 Å². The summed E-state index contributed by atoms with van der Waals surface area (Å²) < 4.78 is 5.65. The van der Waals surface area contributed by atoms with Gasteiger partial charge in [0.2, 0.25) is 0 Å². The number of hydrogen-bond acceptors (Lipinski definition) is 2. The van der Waals surface area contributed by atoms with Crippen molar-refractivity contribution in [1.82, 2.24) is 4.90 Å². The molecule has 74 valence electrons. The molecule has 0 spiro atoms. The minimum atomic E-state index is 0.199. The summed E-state index contributed by atoms with van der Waals surface area (Å²) >= 11 is 0. The maximum Gasteiger partial charge on any atom is 0.130 e. The van der Waals surface area contributed by atoms with Gasteiger partial charge in [0.25, 0.3) is 0 Å². The fraction of sp³-hybridized carbons (Fsp3) is 0.636. The van der Waals surface area contributed by atoms with E-state index in [-0.39, 0.29) is 6.23 Å². The Hall–Kier alpha value is -0.600. The largest absolute Gasteiger partial charge is 0.355 e. The van der Waals surface area contributed by atoms with Crippen LogP contribution < -0.4 is 0 Å². The molecule has 0 radical (unpaired) electrons. The first-order valence-electron chi connectivity index (χ1n) is 4.97. The van der Waals surface area contributed by atoms with Gasteiger partial charge in [0.15, 0.2) is 0 Å². The lowest BCUT2D eigenvalue weighted by molar-refractivity contribution is 0.00326. The summed E-state index contributed by atoms with van der Waals surface area (Å²) in [5.41, 5.74) is 1.35. The van der Waals surface area contributed by atoms with Gasteiger partial charge in [-0.25, -0.2) is 0 Å². The number of rotatable bonds is 5. The fourth-order valence-electron chi connectivity index (χ4n) is 1.60. The highest BCUT2D eigenvalue weighted by atomic mass is 16.5. The summed E-state index contributed by atoms with van der Waals surface area (Å²) in [5, 5.41) is 0. The van der Waals surface area contributed by atoms with Crippen LogP contribution in [0.5, 0.6) is 0 Å². The van der Waals surface area contributed by atoms with Crippen molar-refractivity contribution in [1.29, 1.82) is 0 Å². The van der Waals surface area contributed by atoms with Crippen molar-refractivity contribution < 1.29 is 4.74 Å². The molecule has 1 aliphatic heterocycles. The van der Waals surface area contributed by atoms with Crippen molar-refractivity contribution in [2.75, 3.05) is 19.7 Å². The third kappa shape index (κ3) is 2.68. The molecule has 0 aromatic heterocycles. The zero-order valence-corrected chi connectivity index (χ0v) is 8.62. The van der Waals surface area contributed by atoms with E-state index in [2.05, 4.69) is 31.4 Å². The van der Waals surface area contributed by atoms with Crippen LogP contribution in [0.25, 0.3) is 0 Å². The number of ether oxygens (including phenoxy) is 1. The topological polar surface area (TPSA) is 12.5 Å². The van der Waals surface area contributed by atoms with Gasteiger partial charge < -0.3 is 4.74 Å². The molecule has 1 heterocycles. The van der Waals surface area contributed by atoms with Crippen LogP contribution in [-0.4, -0.2) is 30.8 Å². The first kappa shape index (κ1) is 10.5. The number of hydrogen-bond donors (Lipinski definition) is 0. The summed E-state index contributed by atoms with van der Waals surface area (Å²) in [4.78, 5) is 2.30. The van der Waals surface area contributed by atoms with E-state index < -0.39 is 0 Å². The van der Waals surface area contributed by atoms with Gasteiger partial charge in [-0.05, 0) is 31.2 Å². The van der Waals surface area contributed by atoms with Crippen molar-refractivity contribution in [3.05, 3.63) is 24.3 Å². The molecule has 0 bridgehead atoms. The third-order valence-corrected chi connectivity index (χ3v) is 2.40. The summed E-state index contributed by atoms with van der Waals surface area (Å²) in [6, 6.07) is 0. The molecular formula is C11H19NO. The van der Waals surface area contributed by atoms with E-state index in [1.807, 2.05) is 6.08 Å². The second-order valence-electron chi connectivity index (χ2n) is 3.24.